The first-order valence-electron chi connectivity index (χ1n) is 6.24. The largest absolute Gasteiger partial charge is 0.508 e. The van der Waals surface area contributed by atoms with Gasteiger partial charge in [0.15, 0.2) is 0 Å². The molecule has 2 N–H and O–H groups in total. The third-order valence-corrected chi connectivity index (χ3v) is 3.63. The number of phenols is 1. The van der Waals surface area contributed by atoms with Crippen LogP contribution in [-0.4, -0.2) is 40.4 Å². The van der Waals surface area contributed by atoms with Gasteiger partial charge in [-0.1, -0.05) is 6.07 Å². The van der Waals surface area contributed by atoms with Gasteiger partial charge < -0.3 is 15.3 Å². The number of piperazine rings is 1. The van der Waals surface area contributed by atoms with Crippen LogP contribution in [0.25, 0.3) is 0 Å². The number of carbonyl (C=O) groups is 2. The molecular weight excluding hydrogens is 244 g/mol. The van der Waals surface area contributed by atoms with E-state index in [9.17, 15) is 14.7 Å². The summed E-state index contributed by atoms with van der Waals surface area (Å²) in [5.41, 5.74) is 0.0878. The summed E-state index contributed by atoms with van der Waals surface area (Å²) in [5, 5.41) is 12.4. The molecule has 2 amide bonds. The van der Waals surface area contributed by atoms with Crippen molar-refractivity contribution in [3.8, 4) is 5.75 Å². The summed E-state index contributed by atoms with van der Waals surface area (Å²) in [6.07, 6.45) is 0. The average Bonchev–Trinajstić information content (AvgIpc) is 2.35. The van der Waals surface area contributed by atoms with Crippen molar-refractivity contribution in [1.29, 1.82) is 0 Å². The SMILES string of the molecule is Cc1c(O)cccc1C(=O)N1CCNC(=O)C1(C)C. The zero-order chi connectivity index (χ0) is 14.2. The summed E-state index contributed by atoms with van der Waals surface area (Å²) in [6, 6.07) is 4.84. The maximum absolute atomic E-state index is 12.6. The van der Waals surface area contributed by atoms with Crippen molar-refractivity contribution < 1.29 is 14.7 Å². The van der Waals surface area contributed by atoms with Gasteiger partial charge in [-0.2, -0.15) is 0 Å². The Morgan fingerprint density at radius 3 is 2.79 bits per heavy atom. The topological polar surface area (TPSA) is 69.6 Å². The lowest BCUT2D eigenvalue weighted by Crippen LogP contribution is -2.63. The molecule has 0 aromatic heterocycles. The van der Waals surface area contributed by atoms with Crippen LogP contribution in [0, 0.1) is 6.92 Å². The Labute approximate surface area is 112 Å². The number of nitrogens with zero attached hydrogens (tertiary/aromatic N) is 1. The van der Waals surface area contributed by atoms with Gasteiger partial charge in [0, 0.05) is 24.2 Å². The monoisotopic (exact) mass is 262 g/mol. The fourth-order valence-electron chi connectivity index (χ4n) is 2.26. The lowest BCUT2D eigenvalue weighted by Gasteiger charge is -2.41. The van der Waals surface area contributed by atoms with E-state index in [0.29, 0.717) is 24.2 Å². The van der Waals surface area contributed by atoms with Crippen LogP contribution in [0.1, 0.15) is 29.8 Å². The number of nitrogens with one attached hydrogen (secondary N) is 1. The van der Waals surface area contributed by atoms with Crippen LogP contribution in [0.4, 0.5) is 0 Å². The van der Waals surface area contributed by atoms with Gasteiger partial charge in [-0.25, -0.2) is 0 Å². The van der Waals surface area contributed by atoms with Crippen molar-refractivity contribution in [1.82, 2.24) is 10.2 Å². The number of aromatic hydroxyl groups is 1. The van der Waals surface area contributed by atoms with Crippen molar-refractivity contribution in [2.24, 2.45) is 0 Å². The molecule has 1 aromatic carbocycles. The molecule has 1 fully saturated rings. The molecule has 1 aliphatic heterocycles. The standard InChI is InChI=1S/C14H18N2O3/c1-9-10(5-4-6-11(9)17)12(18)16-8-7-15-13(19)14(16,2)3/h4-6,17H,7-8H2,1-3H3,(H,15,19). The molecule has 1 saturated heterocycles. The highest BCUT2D eigenvalue weighted by molar-refractivity contribution is 6.00. The Bertz CT molecular complexity index is 537. The quantitative estimate of drug-likeness (QED) is 0.795. The molecule has 5 nitrogen and oxygen atoms in total. The number of hydrogen-bond acceptors (Lipinski definition) is 3. The molecule has 5 heteroatoms. The van der Waals surface area contributed by atoms with Crippen molar-refractivity contribution in [3.05, 3.63) is 29.3 Å². The number of benzene rings is 1. The molecule has 19 heavy (non-hydrogen) atoms. The van der Waals surface area contributed by atoms with E-state index >= 15 is 0 Å². The normalized spacial score (nSPS) is 18.1. The van der Waals surface area contributed by atoms with E-state index in [1.807, 2.05) is 0 Å². The second-order valence-electron chi connectivity index (χ2n) is 5.22. The van der Waals surface area contributed by atoms with Crippen LogP contribution in [-0.2, 0) is 4.79 Å². The summed E-state index contributed by atoms with van der Waals surface area (Å²) in [4.78, 5) is 26.0. The van der Waals surface area contributed by atoms with Gasteiger partial charge in [0.1, 0.15) is 11.3 Å². The minimum atomic E-state index is -0.882. The van der Waals surface area contributed by atoms with Gasteiger partial charge in [0.2, 0.25) is 5.91 Å². The third kappa shape index (κ3) is 2.16. The maximum Gasteiger partial charge on any atom is 0.255 e. The zero-order valence-corrected chi connectivity index (χ0v) is 11.4. The second-order valence-corrected chi connectivity index (χ2v) is 5.22. The molecular formula is C14H18N2O3. The molecule has 0 atom stereocenters. The van der Waals surface area contributed by atoms with E-state index in [2.05, 4.69) is 5.32 Å². The molecule has 0 aliphatic carbocycles. The number of phenolic OH excluding ortho intramolecular Hbond substituents is 1. The Balaban J connectivity index is 2.38. The molecule has 0 bridgehead atoms. The van der Waals surface area contributed by atoms with Crippen molar-refractivity contribution in [2.75, 3.05) is 13.1 Å². The van der Waals surface area contributed by atoms with Crippen molar-refractivity contribution >= 4 is 11.8 Å². The molecule has 0 spiro atoms. The van der Waals surface area contributed by atoms with Gasteiger partial charge in [-0.15, -0.1) is 0 Å². The average molecular weight is 262 g/mol. The first-order chi connectivity index (χ1) is 8.85. The Morgan fingerprint density at radius 2 is 2.11 bits per heavy atom. The minimum Gasteiger partial charge on any atom is -0.508 e. The summed E-state index contributed by atoms with van der Waals surface area (Å²) in [5.74, 6) is -0.303. The molecule has 1 aromatic rings. The van der Waals surface area contributed by atoms with Gasteiger partial charge >= 0.3 is 0 Å². The first-order valence-corrected chi connectivity index (χ1v) is 6.24. The Hall–Kier alpha value is -2.04. The zero-order valence-electron chi connectivity index (χ0n) is 11.4. The summed E-state index contributed by atoms with van der Waals surface area (Å²) < 4.78 is 0. The highest BCUT2D eigenvalue weighted by Gasteiger charge is 2.41. The summed E-state index contributed by atoms with van der Waals surface area (Å²) in [6.45, 7) is 6.05. The fourth-order valence-corrected chi connectivity index (χ4v) is 2.26. The second kappa shape index (κ2) is 4.57. The highest BCUT2D eigenvalue weighted by atomic mass is 16.3. The fraction of sp³-hybridized carbons (Fsp3) is 0.429. The number of rotatable bonds is 1. The van der Waals surface area contributed by atoms with Crippen molar-refractivity contribution in [2.45, 2.75) is 26.3 Å². The van der Waals surface area contributed by atoms with E-state index in [1.54, 1.807) is 43.9 Å². The van der Waals surface area contributed by atoms with E-state index in [-0.39, 0.29) is 17.6 Å². The molecule has 0 radical (unpaired) electrons. The predicted octanol–water partition coefficient (Wildman–Crippen LogP) is 1.05. The smallest absolute Gasteiger partial charge is 0.255 e. The van der Waals surface area contributed by atoms with Gasteiger partial charge in [-0.3, -0.25) is 9.59 Å². The van der Waals surface area contributed by atoms with Crippen LogP contribution >= 0.6 is 0 Å². The Kier molecular flexibility index (Phi) is 3.22. The summed E-state index contributed by atoms with van der Waals surface area (Å²) in [7, 11) is 0. The van der Waals surface area contributed by atoms with Gasteiger partial charge in [-0.05, 0) is 32.9 Å². The third-order valence-electron chi connectivity index (χ3n) is 3.63. The number of amides is 2. The van der Waals surface area contributed by atoms with Crippen LogP contribution in [0.2, 0.25) is 0 Å². The molecule has 1 aliphatic rings. The highest BCUT2D eigenvalue weighted by Crippen LogP contribution is 2.25. The van der Waals surface area contributed by atoms with Crippen molar-refractivity contribution in [3.63, 3.8) is 0 Å². The van der Waals surface area contributed by atoms with E-state index in [4.69, 9.17) is 0 Å². The lowest BCUT2D eigenvalue weighted by atomic mass is 9.96. The minimum absolute atomic E-state index is 0.0881. The van der Waals surface area contributed by atoms with Crippen LogP contribution in [0.3, 0.4) is 0 Å². The number of hydrogen-bond donors (Lipinski definition) is 2. The molecule has 1 heterocycles. The molecule has 2 rings (SSSR count). The van der Waals surface area contributed by atoms with Crippen LogP contribution in [0.5, 0.6) is 5.75 Å². The molecule has 0 saturated carbocycles. The van der Waals surface area contributed by atoms with Crippen LogP contribution < -0.4 is 5.32 Å². The predicted molar refractivity (Wildman–Crippen MR) is 71.0 cm³/mol. The van der Waals surface area contributed by atoms with E-state index in [0.717, 1.165) is 0 Å². The van der Waals surface area contributed by atoms with Gasteiger partial charge in [0.25, 0.3) is 5.91 Å². The van der Waals surface area contributed by atoms with E-state index in [1.165, 1.54) is 0 Å². The lowest BCUT2D eigenvalue weighted by molar-refractivity contribution is -0.133. The Morgan fingerprint density at radius 1 is 1.42 bits per heavy atom. The van der Waals surface area contributed by atoms with Gasteiger partial charge in [0.05, 0.1) is 0 Å². The summed E-state index contributed by atoms with van der Waals surface area (Å²) >= 11 is 0. The number of carbonyl (C=O) groups excluding carboxylic acids is 2. The molecule has 102 valence electrons. The van der Waals surface area contributed by atoms with Crippen LogP contribution in [0.15, 0.2) is 18.2 Å². The molecule has 0 unspecified atom stereocenters. The van der Waals surface area contributed by atoms with E-state index < -0.39 is 5.54 Å². The maximum atomic E-state index is 12.6. The first kappa shape index (κ1) is 13.4.